The van der Waals surface area contributed by atoms with Gasteiger partial charge in [-0.15, -0.1) is 0 Å². The van der Waals surface area contributed by atoms with Gasteiger partial charge in [0.25, 0.3) is 0 Å². The maximum atomic E-state index is 14.1. The van der Waals surface area contributed by atoms with Gasteiger partial charge in [0.2, 0.25) is 0 Å². The molecule has 0 unspecified atom stereocenters. The van der Waals surface area contributed by atoms with Crippen LogP contribution in [0.1, 0.15) is 29.6 Å². The zero-order valence-corrected chi connectivity index (χ0v) is 16.3. The first kappa shape index (κ1) is 20.8. The lowest BCUT2D eigenvalue weighted by Crippen LogP contribution is -2.14. The SMILES string of the molecule is Cc1ccc(Cl)c(COC(=O)Nc2cnn(Cc3ccc(C(C)(F)F)o3)c2)c1F. The summed E-state index contributed by atoms with van der Waals surface area (Å²) < 4.78 is 52.0. The number of aryl methyl sites for hydroxylation is 1. The topological polar surface area (TPSA) is 69.3 Å². The van der Waals surface area contributed by atoms with Crippen molar-refractivity contribution < 1.29 is 27.1 Å². The Kier molecular flexibility index (Phi) is 5.88. The summed E-state index contributed by atoms with van der Waals surface area (Å²) in [4.78, 5) is 11.9. The molecule has 2 heterocycles. The zero-order valence-electron chi connectivity index (χ0n) is 15.5. The van der Waals surface area contributed by atoms with E-state index in [2.05, 4.69) is 10.4 Å². The van der Waals surface area contributed by atoms with Gasteiger partial charge in [0.15, 0.2) is 5.76 Å². The average Bonchev–Trinajstić information content (AvgIpc) is 3.28. The minimum absolute atomic E-state index is 0.0823. The highest BCUT2D eigenvalue weighted by molar-refractivity contribution is 6.31. The van der Waals surface area contributed by atoms with Gasteiger partial charge in [-0.05, 0) is 30.7 Å². The molecule has 154 valence electrons. The zero-order chi connectivity index (χ0) is 21.2. The Hall–Kier alpha value is -2.94. The van der Waals surface area contributed by atoms with E-state index in [-0.39, 0.29) is 29.5 Å². The fourth-order valence-electron chi connectivity index (χ4n) is 2.51. The molecule has 6 nitrogen and oxygen atoms in total. The fraction of sp³-hybridized carbons (Fsp3) is 0.263. The number of carbonyl (C=O) groups is 1. The first-order chi connectivity index (χ1) is 13.6. The minimum atomic E-state index is -3.07. The second-order valence-corrected chi connectivity index (χ2v) is 6.85. The van der Waals surface area contributed by atoms with Crippen molar-refractivity contribution in [1.29, 1.82) is 0 Å². The summed E-state index contributed by atoms with van der Waals surface area (Å²) in [6.07, 6.45) is 1.99. The third-order valence-corrected chi connectivity index (χ3v) is 4.37. The molecule has 0 spiro atoms. The smallest absolute Gasteiger partial charge is 0.412 e. The lowest BCUT2D eigenvalue weighted by molar-refractivity contribution is -0.00636. The van der Waals surface area contributed by atoms with Gasteiger partial charge in [-0.3, -0.25) is 10.00 Å². The third kappa shape index (κ3) is 5.11. The van der Waals surface area contributed by atoms with Crippen LogP contribution in [0.25, 0.3) is 0 Å². The molecule has 3 aromatic rings. The molecule has 1 aromatic carbocycles. The molecule has 2 aromatic heterocycles. The van der Waals surface area contributed by atoms with E-state index in [1.54, 1.807) is 6.92 Å². The summed E-state index contributed by atoms with van der Waals surface area (Å²) in [6, 6.07) is 5.68. The molecule has 0 saturated heterocycles. The summed E-state index contributed by atoms with van der Waals surface area (Å²) in [7, 11) is 0. The maximum absolute atomic E-state index is 14.1. The van der Waals surface area contributed by atoms with E-state index in [1.165, 1.54) is 41.3 Å². The lowest BCUT2D eigenvalue weighted by Gasteiger charge is -2.09. The number of furan rings is 1. The van der Waals surface area contributed by atoms with Crippen molar-refractivity contribution in [2.24, 2.45) is 0 Å². The Bertz CT molecular complexity index is 1030. The highest BCUT2D eigenvalue weighted by Crippen LogP contribution is 2.28. The van der Waals surface area contributed by atoms with Crippen LogP contribution < -0.4 is 5.32 Å². The number of nitrogens with zero attached hydrogens (tertiary/aromatic N) is 2. The van der Waals surface area contributed by atoms with Crippen LogP contribution >= 0.6 is 11.6 Å². The molecule has 3 rings (SSSR count). The van der Waals surface area contributed by atoms with Gasteiger partial charge >= 0.3 is 12.0 Å². The van der Waals surface area contributed by atoms with E-state index in [0.717, 1.165) is 6.92 Å². The molecule has 0 atom stereocenters. The Labute approximate surface area is 169 Å². The molecule has 10 heteroatoms. The summed E-state index contributed by atoms with van der Waals surface area (Å²) in [6.45, 7) is 2.07. The first-order valence-corrected chi connectivity index (χ1v) is 8.88. The predicted octanol–water partition coefficient (Wildman–Crippen LogP) is 5.49. The number of amides is 1. The van der Waals surface area contributed by atoms with Crippen molar-refractivity contribution in [3.8, 4) is 0 Å². The molecule has 1 N–H and O–H groups in total. The molecular formula is C19H17ClF3N3O3. The minimum Gasteiger partial charge on any atom is -0.458 e. The Morgan fingerprint density at radius 3 is 2.79 bits per heavy atom. The molecule has 0 aliphatic heterocycles. The van der Waals surface area contributed by atoms with Crippen molar-refractivity contribution >= 4 is 23.4 Å². The van der Waals surface area contributed by atoms with Crippen molar-refractivity contribution in [3.63, 3.8) is 0 Å². The summed E-state index contributed by atoms with van der Waals surface area (Å²) in [5.41, 5.74) is 0.772. The standard InChI is InChI=1S/C19H17ClF3N3O3/c1-11-3-5-15(20)14(17(11)21)10-28-18(27)25-12-7-24-26(8-12)9-13-4-6-16(29-13)19(2,22)23/h3-8H,9-10H2,1-2H3,(H,25,27). The van der Waals surface area contributed by atoms with E-state index in [9.17, 15) is 18.0 Å². The van der Waals surface area contributed by atoms with Crippen LogP contribution in [0.3, 0.4) is 0 Å². The second kappa shape index (κ2) is 8.20. The molecule has 0 aliphatic rings. The molecule has 0 aliphatic carbocycles. The van der Waals surface area contributed by atoms with Crippen molar-refractivity contribution in [2.75, 3.05) is 5.32 Å². The van der Waals surface area contributed by atoms with Crippen LogP contribution in [0.4, 0.5) is 23.7 Å². The Morgan fingerprint density at radius 2 is 2.10 bits per heavy atom. The normalized spacial score (nSPS) is 11.5. The van der Waals surface area contributed by atoms with Crippen LogP contribution in [0.2, 0.25) is 5.02 Å². The Morgan fingerprint density at radius 1 is 1.34 bits per heavy atom. The van der Waals surface area contributed by atoms with Gasteiger partial charge in [0, 0.05) is 18.7 Å². The quantitative estimate of drug-likeness (QED) is 0.565. The number of hydrogen-bond donors (Lipinski definition) is 1. The number of hydrogen-bond acceptors (Lipinski definition) is 4. The number of rotatable bonds is 6. The number of carbonyl (C=O) groups excluding carboxylic acids is 1. The van der Waals surface area contributed by atoms with Gasteiger partial charge in [-0.25, -0.2) is 9.18 Å². The van der Waals surface area contributed by atoms with Gasteiger partial charge in [0.1, 0.15) is 18.2 Å². The maximum Gasteiger partial charge on any atom is 0.412 e. The van der Waals surface area contributed by atoms with Gasteiger partial charge in [-0.1, -0.05) is 17.7 Å². The molecule has 0 bridgehead atoms. The third-order valence-electron chi connectivity index (χ3n) is 4.02. The number of anilines is 1. The summed E-state index contributed by atoms with van der Waals surface area (Å²) in [5, 5.41) is 6.61. The van der Waals surface area contributed by atoms with E-state index in [4.69, 9.17) is 20.8 Å². The van der Waals surface area contributed by atoms with Crippen molar-refractivity contribution in [2.45, 2.75) is 32.9 Å². The fourth-order valence-corrected chi connectivity index (χ4v) is 2.71. The summed E-state index contributed by atoms with van der Waals surface area (Å²) in [5.74, 6) is -3.76. The monoisotopic (exact) mass is 427 g/mol. The number of benzene rings is 1. The van der Waals surface area contributed by atoms with Crippen LogP contribution in [-0.2, 0) is 23.8 Å². The van der Waals surface area contributed by atoms with E-state index in [1.807, 2.05) is 0 Å². The molecule has 29 heavy (non-hydrogen) atoms. The number of halogens is 4. The van der Waals surface area contributed by atoms with E-state index >= 15 is 0 Å². The second-order valence-electron chi connectivity index (χ2n) is 6.44. The molecule has 1 amide bonds. The Balaban J connectivity index is 1.57. The van der Waals surface area contributed by atoms with Crippen LogP contribution in [-0.4, -0.2) is 15.9 Å². The number of alkyl halides is 2. The summed E-state index contributed by atoms with van der Waals surface area (Å²) >= 11 is 5.93. The van der Waals surface area contributed by atoms with Crippen LogP contribution in [0, 0.1) is 12.7 Å². The van der Waals surface area contributed by atoms with E-state index < -0.39 is 23.6 Å². The van der Waals surface area contributed by atoms with Crippen molar-refractivity contribution in [3.05, 3.63) is 70.1 Å². The largest absolute Gasteiger partial charge is 0.458 e. The highest BCUT2D eigenvalue weighted by Gasteiger charge is 2.28. The molecule has 0 radical (unpaired) electrons. The number of nitrogens with one attached hydrogen (secondary N) is 1. The van der Waals surface area contributed by atoms with Gasteiger partial charge < -0.3 is 9.15 Å². The van der Waals surface area contributed by atoms with Crippen molar-refractivity contribution in [1.82, 2.24) is 9.78 Å². The van der Waals surface area contributed by atoms with Gasteiger partial charge in [-0.2, -0.15) is 13.9 Å². The molecule has 0 fully saturated rings. The van der Waals surface area contributed by atoms with Crippen LogP contribution in [0.15, 0.2) is 41.1 Å². The van der Waals surface area contributed by atoms with Gasteiger partial charge in [0.05, 0.1) is 23.5 Å². The molecular weight excluding hydrogens is 411 g/mol. The number of aromatic nitrogens is 2. The number of ether oxygens (including phenoxy) is 1. The van der Waals surface area contributed by atoms with E-state index in [0.29, 0.717) is 11.3 Å². The van der Waals surface area contributed by atoms with Crippen LogP contribution in [0.5, 0.6) is 0 Å². The highest BCUT2D eigenvalue weighted by atomic mass is 35.5. The molecule has 0 saturated carbocycles. The lowest BCUT2D eigenvalue weighted by atomic mass is 10.1. The average molecular weight is 428 g/mol. The first-order valence-electron chi connectivity index (χ1n) is 8.50. The predicted molar refractivity (Wildman–Crippen MR) is 99.6 cm³/mol.